The van der Waals surface area contributed by atoms with E-state index in [4.69, 9.17) is 13.6 Å². The molecule has 0 aliphatic carbocycles. The van der Waals surface area contributed by atoms with Crippen molar-refractivity contribution >= 4 is 18.8 Å². The number of pyridine rings is 1. The Bertz CT molecular complexity index is 433. The van der Waals surface area contributed by atoms with Gasteiger partial charge in [-0.1, -0.05) is 11.5 Å². The van der Waals surface area contributed by atoms with Gasteiger partial charge < -0.3 is 10.1 Å². The Labute approximate surface area is 78.0 Å². The summed E-state index contributed by atoms with van der Waals surface area (Å²) < 4.78 is 1.92. The molecular formula is C9H10BN3. The minimum Gasteiger partial charge on any atom is -0.322 e. The van der Waals surface area contributed by atoms with E-state index in [9.17, 15) is 0 Å². The maximum atomic E-state index is 5.77. The fraction of sp³-hybridized carbons (Fsp3) is 0.222. The van der Waals surface area contributed by atoms with Gasteiger partial charge in [-0.2, -0.15) is 0 Å². The predicted octanol–water partition coefficient (Wildman–Crippen LogP) is 0.148. The highest BCUT2D eigenvalue weighted by molar-refractivity contribution is 6.36. The molecule has 64 valence electrons. The van der Waals surface area contributed by atoms with Gasteiger partial charge in [0.15, 0.2) is 0 Å². The van der Waals surface area contributed by atoms with Crippen LogP contribution in [0.2, 0.25) is 0 Å². The molecule has 0 amide bonds. The number of hydrogen-bond acceptors (Lipinski definition) is 2. The summed E-state index contributed by atoms with van der Waals surface area (Å²) in [7, 11) is 5.77. The standard InChI is InChI=1S/C9H10BN3/c1-6(11)9-12-5-8-7(10)3-2-4-13(8)9/h2-6H,11H2,1H3. The van der Waals surface area contributed by atoms with Crippen LogP contribution in [0.5, 0.6) is 0 Å². The van der Waals surface area contributed by atoms with Crippen molar-refractivity contribution in [2.75, 3.05) is 0 Å². The smallest absolute Gasteiger partial charge is 0.129 e. The second-order valence-electron chi connectivity index (χ2n) is 3.12. The highest BCUT2D eigenvalue weighted by Gasteiger charge is 2.07. The topological polar surface area (TPSA) is 43.3 Å². The van der Waals surface area contributed by atoms with Gasteiger partial charge >= 0.3 is 0 Å². The molecule has 2 aromatic rings. The van der Waals surface area contributed by atoms with Gasteiger partial charge in [0, 0.05) is 6.20 Å². The van der Waals surface area contributed by atoms with Crippen LogP contribution in [0.1, 0.15) is 18.8 Å². The van der Waals surface area contributed by atoms with Crippen LogP contribution < -0.4 is 11.2 Å². The first-order valence-corrected chi connectivity index (χ1v) is 4.17. The zero-order valence-electron chi connectivity index (χ0n) is 7.44. The predicted molar refractivity (Wildman–Crippen MR) is 53.2 cm³/mol. The van der Waals surface area contributed by atoms with E-state index >= 15 is 0 Å². The normalized spacial score (nSPS) is 13.4. The maximum Gasteiger partial charge on any atom is 0.129 e. The molecule has 2 radical (unpaired) electrons. The van der Waals surface area contributed by atoms with Gasteiger partial charge in [-0.05, 0) is 13.0 Å². The van der Waals surface area contributed by atoms with Crippen LogP contribution in [-0.2, 0) is 0 Å². The third kappa shape index (κ3) is 1.23. The molecule has 0 saturated heterocycles. The fourth-order valence-corrected chi connectivity index (χ4v) is 1.40. The Morgan fingerprint density at radius 2 is 2.38 bits per heavy atom. The molecule has 4 heteroatoms. The molecule has 2 N–H and O–H groups in total. The first-order chi connectivity index (χ1) is 6.20. The summed E-state index contributed by atoms with van der Waals surface area (Å²) in [4.78, 5) is 4.21. The lowest BCUT2D eigenvalue weighted by Gasteiger charge is -2.04. The molecule has 2 rings (SSSR count). The third-order valence-electron chi connectivity index (χ3n) is 2.04. The monoisotopic (exact) mass is 171 g/mol. The summed E-state index contributed by atoms with van der Waals surface area (Å²) in [5.74, 6) is 0.835. The number of nitrogens with zero attached hydrogens (tertiary/aromatic N) is 2. The van der Waals surface area contributed by atoms with Gasteiger partial charge in [0.2, 0.25) is 0 Å². The number of hydrogen-bond donors (Lipinski definition) is 1. The van der Waals surface area contributed by atoms with Gasteiger partial charge in [0.1, 0.15) is 13.7 Å². The number of aromatic nitrogens is 2. The molecule has 2 heterocycles. The Kier molecular flexibility index (Phi) is 1.85. The highest BCUT2D eigenvalue weighted by Crippen LogP contribution is 2.09. The average molecular weight is 171 g/mol. The van der Waals surface area contributed by atoms with Crippen LogP contribution >= 0.6 is 0 Å². The Morgan fingerprint density at radius 3 is 3.08 bits per heavy atom. The van der Waals surface area contributed by atoms with E-state index in [2.05, 4.69) is 4.98 Å². The van der Waals surface area contributed by atoms with Crippen LogP contribution in [0, 0.1) is 0 Å². The minimum atomic E-state index is -0.0794. The van der Waals surface area contributed by atoms with E-state index in [1.165, 1.54) is 0 Å². The molecular weight excluding hydrogens is 161 g/mol. The van der Waals surface area contributed by atoms with Crippen LogP contribution in [0.15, 0.2) is 24.5 Å². The molecule has 1 atom stereocenters. The lowest BCUT2D eigenvalue weighted by Crippen LogP contribution is -2.12. The van der Waals surface area contributed by atoms with Gasteiger partial charge in [-0.3, -0.25) is 0 Å². The Balaban J connectivity index is 2.75. The summed E-state index contributed by atoms with van der Waals surface area (Å²) in [6.07, 6.45) is 3.66. The van der Waals surface area contributed by atoms with Crippen LogP contribution in [0.3, 0.4) is 0 Å². The number of nitrogens with two attached hydrogens (primary N) is 1. The van der Waals surface area contributed by atoms with E-state index in [1.54, 1.807) is 6.20 Å². The quantitative estimate of drug-likeness (QED) is 0.620. The second kappa shape index (κ2) is 2.89. The SMILES string of the molecule is [B]c1cccn2c(C(C)N)ncc12. The Morgan fingerprint density at radius 1 is 1.62 bits per heavy atom. The summed E-state index contributed by atoms with van der Waals surface area (Å²) >= 11 is 0. The molecule has 0 saturated carbocycles. The maximum absolute atomic E-state index is 5.77. The summed E-state index contributed by atoms with van der Waals surface area (Å²) in [6, 6.07) is 3.65. The molecule has 3 nitrogen and oxygen atoms in total. The van der Waals surface area contributed by atoms with Crippen molar-refractivity contribution in [3.05, 3.63) is 30.4 Å². The Hall–Kier alpha value is -1.29. The van der Waals surface area contributed by atoms with E-state index in [1.807, 2.05) is 29.7 Å². The molecule has 0 bridgehead atoms. The number of rotatable bonds is 1. The van der Waals surface area contributed by atoms with Gasteiger partial charge in [-0.15, -0.1) is 0 Å². The van der Waals surface area contributed by atoms with E-state index in [0.717, 1.165) is 16.8 Å². The summed E-state index contributed by atoms with van der Waals surface area (Å²) in [5, 5.41) is 0. The second-order valence-corrected chi connectivity index (χ2v) is 3.12. The van der Waals surface area contributed by atoms with Crippen molar-refractivity contribution in [3.63, 3.8) is 0 Å². The average Bonchev–Trinajstić information content (AvgIpc) is 2.48. The van der Waals surface area contributed by atoms with Crippen LogP contribution in [0.4, 0.5) is 0 Å². The number of imidazole rings is 1. The first-order valence-electron chi connectivity index (χ1n) is 4.17. The van der Waals surface area contributed by atoms with Gasteiger partial charge in [0.05, 0.1) is 17.8 Å². The van der Waals surface area contributed by atoms with Crippen molar-refractivity contribution in [2.24, 2.45) is 5.73 Å². The molecule has 0 aromatic carbocycles. The number of fused-ring (bicyclic) bond motifs is 1. The molecule has 0 spiro atoms. The molecule has 1 unspecified atom stereocenters. The lowest BCUT2D eigenvalue weighted by molar-refractivity contribution is 0.736. The lowest BCUT2D eigenvalue weighted by atomic mass is 9.96. The largest absolute Gasteiger partial charge is 0.322 e. The molecule has 2 aromatic heterocycles. The van der Waals surface area contributed by atoms with Crippen molar-refractivity contribution < 1.29 is 0 Å². The first kappa shape index (κ1) is 8.32. The summed E-state index contributed by atoms with van der Waals surface area (Å²) in [6.45, 7) is 1.90. The van der Waals surface area contributed by atoms with Crippen LogP contribution in [-0.4, -0.2) is 17.2 Å². The van der Waals surface area contributed by atoms with Crippen molar-refractivity contribution in [1.82, 2.24) is 9.38 Å². The van der Waals surface area contributed by atoms with Crippen LogP contribution in [0.25, 0.3) is 5.52 Å². The molecule has 0 aliphatic rings. The fourth-order valence-electron chi connectivity index (χ4n) is 1.40. The minimum absolute atomic E-state index is 0.0794. The van der Waals surface area contributed by atoms with E-state index in [-0.39, 0.29) is 6.04 Å². The molecule has 13 heavy (non-hydrogen) atoms. The van der Waals surface area contributed by atoms with Crippen molar-refractivity contribution in [3.8, 4) is 0 Å². The molecule has 0 fully saturated rings. The van der Waals surface area contributed by atoms with E-state index < -0.39 is 0 Å². The molecule has 0 aliphatic heterocycles. The van der Waals surface area contributed by atoms with Gasteiger partial charge in [-0.25, -0.2) is 4.98 Å². The van der Waals surface area contributed by atoms with Crippen molar-refractivity contribution in [1.29, 1.82) is 0 Å². The van der Waals surface area contributed by atoms with Gasteiger partial charge in [0.25, 0.3) is 0 Å². The highest BCUT2D eigenvalue weighted by atomic mass is 15.0. The zero-order chi connectivity index (χ0) is 9.42. The van der Waals surface area contributed by atoms with Crippen molar-refractivity contribution in [2.45, 2.75) is 13.0 Å². The zero-order valence-corrected chi connectivity index (χ0v) is 7.44. The summed E-state index contributed by atoms with van der Waals surface area (Å²) in [5.41, 5.74) is 7.39. The van der Waals surface area contributed by atoms with E-state index in [0.29, 0.717) is 0 Å². The third-order valence-corrected chi connectivity index (χ3v) is 2.04.